The lowest BCUT2D eigenvalue weighted by Crippen LogP contribution is -2.45. The summed E-state index contributed by atoms with van der Waals surface area (Å²) in [6.45, 7) is 0.801. The highest BCUT2D eigenvalue weighted by Crippen LogP contribution is 2.47. The van der Waals surface area contributed by atoms with E-state index >= 15 is 0 Å². The molecule has 0 spiro atoms. The Hall–Kier alpha value is -2.79. The van der Waals surface area contributed by atoms with E-state index in [0.29, 0.717) is 25.1 Å². The number of amides is 2. The second-order valence-corrected chi connectivity index (χ2v) is 11.3. The number of nitrogens with zero attached hydrogens (tertiary/aromatic N) is 3. The van der Waals surface area contributed by atoms with Crippen molar-refractivity contribution in [3.63, 3.8) is 0 Å². The topological polar surface area (TPSA) is 70.1 Å². The molecule has 2 aliphatic heterocycles. The van der Waals surface area contributed by atoms with Crippen LogP contribution in [-0.2, 0) is 11.0 Å². The molecule has 0 bridgehead atoms. The molecule has 0 radical (unpaired) electrons. The molecule has 2 aliphatic rings. The quantitative estimate of drug-likeness (QED) is 0.688. The number of hydrogen-bond acceptors (Lipinski definition) is 4. The van der Waals surface area contributed by atoms with Crippen LogP contribution in [0.4, 0.5) is 9.18 Å². The Morgan fingerprint density at radius 1 is 1.13 bits per heavy atom. The highest BCUT2D eigenvalue weighted by atomic mass is 31.2. The van der Waals surface area contributed by atoms with Gasteiger partial charge in [-0.25, -0.2) is 9.18 Å². The summed E-state index contributed by atoms with van der Waals surface area (Å²) in [5.74, 6) is -0.483. The fourth-order valence-corrected chi connectivity index (χ4v) is 6.84. The summed E-state index contributed by atoms with van der Waals surface area (Å²) in [6, 6.07) is 12.0. The number of halogens is 1. The Morgan fingerprint density at radius 2 is 1.81 bits per heavy atom. The number of ketones is 1. The number of Topliss-reactive ketones (excluding diaryl/α,β-unsaturated/α-hetero) is 1. The monoisotopic (exact) mass is 441 g/mol. The van der Waals surface area contributed by atoms with Crippen LogP contribution in [0, 0.1) is 5.82 Å². The van der Waals surface area contributed by atoms with Crippen molar-refractivity contribution in [1.82, 2.24) is 9.80 Å². The number of hydrogen-bond donors (Lipinski definition) is 0. The molecule has 1 saturated heterocycles. The van der Waals surface area contributed by atoms with Gasteiger partial charge in [-0.15, -0.1) is 0 Å². The maximum atomic E-state index is 14.7. The highest BCUT2D eigenvalue weighted by molar-refractivity contribution is 7.71. The Labute approximate surface area is 181 Å². The molecule has 2 aromatic carbocycles. The average molecular weight is 441 g/mol. The Bertz CT molecular complexity index is 1120. The van der Waals surface area contributed by atoms with Crippen molar-refractivity contribution in [3.8, 4) is 0 Å². The zero-order valence-corrected chi connectivity index (χ0v) is 18.6. The molecule has 4 rings (SSSR count). The van der Waals surface area contributed by atoms with E-state index in [9.17, 15) is 18.5 Å². The van der Waals surface area contributed by atoms with Crippen molar-refractivity contribution in [2.75, 3.05) is 46.1 Å². The molecule has 0 aromatic heterocycles. The maximum absolute atomic E-state index is 14.7. The normalized spacial score (nSPS) is 17.7. The van der Waals surface area contributed by atoms with E-state index in [-0.39, 0.29) is 36.0 Å². The van der Waals surface area contributed by atoms with Crippen molar-refractivity contribution in [2.24, 2.45) is 4.99 Å². The Kier molecular flexibility index (Phi) is 5.80. The molecular formula is C23H25FN3O3P. The van der Waals surface area contributed by atoms with Gasteiger partial charge >= 0.3 is 6.03 Å². The third kappa shape index (κ3) is 4.19. The summed E-state index contributed by atoms with van der Waals surface area (Å²) in [4.78, 5) is 31.9. The van der Waals surface area contributed by atoms with Gasteiger partial charge in [0, 0.05) is 68.1 Å². The highest BCUT2D eigenvalue weighted by Gasteiger charge is 2.35. The van der Waals surface area contributed by atoms with Gasteiger partial charge in [-0.2, -0.15) is 0 Å². The summed E-state index contributed by atoms with van der Waals surface area (Å²) >= 11 is 0. The van der Waals surface area contributed by atoms with Gasteiger partial charge in [0.05, 0.1) is 0 Å². The van der Waals surface area contributed by atoms with Crippen LogP contribution in [0.5, 0.6) is 0 Å². The summed E-state index contributed by atoms with van der Waals surface area (Å²) in [6.07, 6.45) is 0.972. The lowest BCUT2D eigenvalue weighted by atomic mass is 9.93. The molecule has 2 aromatic rings. The second kappa shape index (κ2) is 8.39. The molecule has 2 amide bonds. The van der Waals surface area contributed by atoms with E-state index in [0.717, 1.165) is 16.8 Å². The van der Waals surface area contributed by atoms with Gasteiger partial charge in [0.25, 0.3) is 0 Å². The van der Waals surface area contributed by atoms with Crippen LogP contribution >= 0.6 is 7.14 Å². The zero-order valence-electron chi connectivity index (χ0n) is 17.7. The molecule has 8 heteroatoms. The van der Waals surface area contributed by atoms with Gasteiger partial charge in [-0.05, 0) is 17.7 Å². The van der Waals surface area contributed by atoms with Crippen LogP contribution in [0.2, 0.25) is 0 Å². The minimum atomic E-state index is -2.95. The number of aliphatic imine (C=N–C) groups is 1. The van der Waals surface area contributed by atoms with E-state index in [1.54, 1.807) is 37.2 Å². The van der Waals surface area contributed by atoms with E-state index in [1.807, 2.05) is 18.2 Å². The number of carbonyl (C=O) groups is 2. The number of fused-ring (bicyclic) bond motifs is 1. The third-order valence-electron chi connectivity index (χ3n) is 5.89. The molecule has 0 N–H and O–H groups in total. The summed E-state index contributed by atoms with van der Waals surface area (Å²) in [5.41, 5.74) is 3.03. The number of urea groups is 1. The lowest BCUT2D eigenvalue weighted by molar-refractivity contribution is 0.1000. The molecule has 0 unspecified atom stereocenters. The molecule has 162 valence electrons. The maximum Gasteiger partial charge on any atom is 0.319 e. The summed E-state index contributed by atoms with van der Waals surface area (Å²) < 4.78 is 28.3. The van der Waals surface area contributed by atoms with Gasteiger partial charge in [-0.3, -0.25) is 9.79 Å². The van der Waals surface area contributed by atoms with Crippen LogP contribution in [-0.4, -0.2) is 73.4 Å². The smallest absolute Gasteiger partial charge is 0.319 e. The number of carbonyl (C=O) groups excluding carboxylic acids is 2. The molecule has 31 heavy (non-hydrogen) atoms. The van der Waals surface area contributed by atoms with Crippen LogP contribution in [0.3, 0.4) is 0 Å². The number of rotatable bonds is 3. The molecule has 0 saturated carbocycles. The molecule has 2 heterocycles. The largest absolute Gasteiger partial charge is 0.331 e. The molecule has 0 aliphatic carbocycles. The standard InChI is InChI=1S/C23H25FN3O3P/c1-26(2)23(29)27-9-11-31(30,12-10-27)22-14-16(7-8-19(22)24)13-20-17-5-3-4-6-18(17)21(28)15-25-20/h3-8,14H,9-13,15H2,1-2H3. The summed E-state index contributed by atoms with van der Waals surface area (Å²) in [5, 5.41) is 0.253. The SMILES string of the molecule is CN(C)C(=O)N1CCP(=O)(c2cc(CC3=NCC(=O)c4ccccc43)ccc2F)CC1. The first-order chi connectivity index (χ1) is 14.8. The van der Waals surface area contributed by atoms with Crippen molar-refractivity contribution >= 4 is 30.0 Å². The van der Waals surface area contributed by atoms with E-state index in [4.69, 9.17) is 0 Å². The predicted molar refractivity (Wildman–Crippen MR) is 120 cm³/mol. The third-order valence-corrected chi connectivity index (χ3v) is 8.95. The van der Waals surface area contributed by atoms with E-state index < -0.39 is 13.0 Å². The Balaban J connectivity index is 1.57. The fourth-order valence-electron chi connectivity index (χ4n) is 4.14. The average Bonchev–Trinajstić information content (AvgIpc) is 2.77. The van der Waals surface area contributed by atoms with Crippen molar-refractivity contribution in [3.05, 3.63) is 65.0 Å². The minimum Gasteiger partial charge on any atom is -0.331 e. The van der Waals surface area contributed by atoms with Gasteiger partial charge < -0.3 is 14.4 Å². The van der Waals surface area contributed by atoms with Crippen molar-refractivity contribution in [1.29, 1.82) is 0 Å². The van der Waals surface area contributed by atoms with Gasteiger partial charge in [-0.1, -0.05) is 30.3 Å². The van der Waals surface area contributed by atoms with Gasteiger partial charge in [0.2, 0.25) is 0 Å². The molecular weight excluding hydrogens is 416 g/mol. The predicted octanol–water partition coefficient (Wildman–Crippen LogP) is 3.04. The van der Waals surface area contributed by atoms with Crippen LogP contribution in [0.1, 0.15) is 21.5 Å². The van der Waals surface area contributed by atoms with Crippen LogP contribution in [0.15, 0.2) is 47.5 Å². The van der Waals surface area contributed by atoms with Crippen molar-refractivity contribution in [2.45, 2.75) is 6.42 Å². The lowest BCUT2D eigenvalue weighted by Gasteiger charge is -2.34. The molecule has 0 atom stereocenters. The van der Waals surface area contributed by atoms with E-state index in [2.05, 4.69) is 4.99 Å². The zero-order chi connectivity index (χ0) is 22.2. The van der Waals surface area contributed by atoms with Crippen LogP contribution < -0.4 is 5.30 Å². The molecule has 6 nitrogen and oxygen atoms in total. The van der Waals surface area contributed by atoms with Gasteiger partial charge in [0.1, 0.15) is 19.5 Å². The first-order valence-corrected chi connectivity index (χ1v) is 12.4. The fraction of sp³-hybridized carbons (Fsp3) is 0.348. The summed E-state index contributed by atoms with van der Waals surface area (Å²) in [7, 11) is 0.412. The second-order valence-electron chi connectivity index (χ2n) is 8.19. The Morgan fingerprint density at radius 3 is 2.48 bits per heavy atom. The minimum absolute atomic E-state index is 0.0115. The van der Waals surface area contributed by atoms with E-state index in [1.165, 1.54) is 11.0 Å². The van der Waals surface area contributed by atoms with Crippen molar-refractivity contribution < 1.29 is 18.5 Å². The number of benzene rings is 2. The first-order valence-electron chi connectivity index (χ1n) is 10.3. The van der Waals surface area contributed by atoms with Gasteiger partial charge in [0.15, 0.2) is 5.78 Å². The molecule has 1 fully saturated rings. The van der Waals surface area contributed by atoms with Crippen LogP contribution in [0.25, 0.3) is 0 Å². The first kappa shape index (κ1) is 21.4.